The maximum absolute atomic E-state index is 13.1. The Morgan fingerprint density at radius 3 is 2.53 bits per heavy atom. The van der Waals surface area contributed by atoms with E-state index in [1.165, 1.54) is 12.1 Å². The van der Waals surface area contributed by atoms with E-state index in [-0.39, 0.29) is 42.5 Å². The van der Waals surface area contributed by atoms with Crippen LogP contribution in [-0.4, -0.2) is 60.9 Å². The fraction of sp³-hybridized carbons (Fsp3) is 0.625. The zero-order chi connectivity index (χ0) is 22.6. The number of nitrogens with zero attached hydrogens (tertiary/aromatic N) is 1. The first-order chi connectivity index (χ1) is 15.4. The molecule has 0 radical (unpaired) electrons. The molecule has 0 bridgehead atoms. The van der Waals surface area contributed by atoms with E-state index in [1.807, 2.05) is 4.90 Å². The number of halogens is 1. The quantitative estimate of drug-likeness (QED) is 0.597. The van der Waals surface area contributed by atoms with E-state index in [0.717, 1.165) is 50.5 Å². The number of piperazine rings is 1. The van der Waals surface area contributed by atoms with E-state index in [4.69, 9.17) is 0 Å². The summed E-state index contributed by atoms with van der Waals surface area (Å²) in [5.41, 5.74) is 0.668. The number of hydrogen-bond acceptors (Lipinski definition) is 4. The van der Waals surface area contributed by atoms with Gasteiger partial charge >= 0.3 is 0 Å². The van der Waals surface area contributed by atoms with Gasteiger partial charge < -0.3 is 16.0 Å². The first kappa shape index (κ1) is 22.7. The van der Waals surface area contributed by atoms with Crippen LogP contribution in [0.5, 0.6) is 0 Å². The summed E-state index contributed by atoms with van der Waals surface area (Å²) >= 11 is 0. The largest absolute Gasteiger partial charge is 0.354 e. The van der Waals surface area contributed by atoms with Crippen molar-refractivity contribution in [2.24, 2.45) is 5.92 Å². The Kier molecular flexibility index (Phi) is 7.08. The van der Waals surface area contributed by atoms with Crippen molar-refractivity contribution in [3.05, 3.63) is 35.6 Å². The summed E-state index contributed by atoms with van der Waals surface area (Å²) in [6, 6.07) is 6.53. The summed E-state index contributed by atoms with van der Waals surface area (Å²) in [4.78, 5) is 38.9. The smallest absolute Gasteiger partial charge is 0.234 e. The van der Waals surface area contributed by atoms with E-state index >= 15 is 0 Å². The topological polar surface area (TPSA) is 90.5 Å². The van der Waals surface area contributed by atoms with Gasteiger partial charge in [0.15, 0.2) is 0 Å². The Morgan fingerprint density at radius 2 is 1.84 bits per heavy atom. The summed E-state index contributed by atoms with van der Waals surface area (Å²) in [5, 5.41) is 9.07. The fourth-order valence-electron chi connectivity index (χ4n) is 5.18. The second-order valence-electron chi connectivity index (χ2n) is 9.58. The minimum atomic E-state index is -0.414. The van der Waals surface area contributed by atoms with Gasteiger partial charge in [-0.05, 0) is 49.3 Å². The highest BCUT2D eigenvalue weighted by atomic mass is 19.1. The van der Waals surface area contributed by atoms with Gasteiger partial charge in [-0.25, -0.2) is 4.39 Å². The van der Waals surface area contributed by atoms with Crippen molar-refractivity contribution in [3.8, 4) is 0 Å². The average molecular weight is 445 g/mol. The van der Waals surface area contributed by atoms with Crippen LogP contribution in [0.2, 0.25) is 0 Å². The predicted molar refractivity (Wildman–Crippen MR) is 118 cm³/mol. The van der Waals surface area contributed by atoms with E-state index in [0.29, 0.717) is 25.6 Å². The minimum absolute atomic E-state index is 0.0340. The molecule has 3 amide bonds. The Morgan fingerprint density at radius 1 is 1.12 bits per heavy atom. The van der Waals surface area contributed by atoms with Gasteiger partial charge in [0, 0.05) is 25.6 Å². The zero-order valence-electron chi connectivity index (χ0n) is 18.5. The third-order valence-corrected chi connectivity index (χ3v) is 7.15. The normalized spacial score (nSPS) is 25.3. The molecule has 3 fully saturated rings. The van der Waals surface area contributed by atoms with Gasteiger partial charge in [0.05, 0.1) is 18.6 Å². The van der Waals surface area contributed by atoms with Crippen LogP contribution in [-0.2, 0) is 14.4 Å². The van der Waals surface area contributed by atoms with Gasteiger partial charge in [-0.3, -0.25) is 19.3 Å². The van der Waals surface area contributed by atoms with Crippen molar-refractivity contribution in [1.82, 2.24) is 20.9 Å². The van der Waals surface area contributed by atoms with Crippen molar-refractivity contribution < 1.29 is 18.8 Å². The van der Waals surface area contributed by atoms with Crippen LogP contribution < -0.4 is 16.0 Å². The van der Waals surface area contributed by atoms with E-state index in [9.17, 15) is 18.8 Å². The summed E-state index contributed by atoms with van der Waals surface area (Å²) in [6.07, 6.45) is 6.43. The molecular weight excluding hydrogens is 411 g/mol. The summed E-state index contributed by atoms with van der Waals surface area (Å²) in [5.74, 6) is -0.0790. The number of rotatable bonds is 7. The Labute approximate surface area is 188 Å². The van der Waals surface area contributed by atoms with Gasteiger partial charge in [0.1, 0.15) is 5.82 Å². The lowest BCUT2D eigenvalue weighted by molar-refractivity contribution is -0.131. The number of benzene rings is 1. The molecule has 174 valence electrons. The molecule has 2 aliphatic carbocycles. The number of nitrogens with one attached hydrogen (secondary N) is 3. The van der Waals surface area contributed by atoms with Crippen LogP contribution >= 0.6 is 0 Å². The van der Waals surface area contributed by atoms with Crippen molar-refractivity contribution in [2.75, 3.05) is 32.7 Å². The predicted octanol–water partition coefficient (Wildman–Crippen LogP) is 1.69. The Hall–Kier alpha value is -2.48. The van der Waals surface area contributed by atoms with Crippen molar-refractivity contribution in [1.29, 1.82) is 0 Å². The SMILES string of the molecule is O=C1CN(CC(=O)NC2(CNC(=O)C3CC(c4ccc(F)cc4)C3)CCCCC2)CCN1. The zero-order valence-corrected chi connectivity index (χ0v) is 18.5. The standard InChI is InChI=1S/C24H33FN4O3/c25-20-6-4-17(5-7-20)18-12-19(13-18)23(32)27-16-24(8-2-1-3-9-24)28-22(31)15-29-11-10-26-21(30)14-29/h4-7,18-19H,1-3,8-16H2,(H,26,30)(H,27,32)(H,28,31). The Balaban J connectivity index is 1.27. The second kappa shape index (κ2) is 9.98. The van der Waals surface area contributed by atoms with Crippen LogP contribution in [0.4, 0.5) is 4.39 Å². The molecule has 0 unspecified atom stereocenters. The molecule has 1 heterocycles. The molecule has 1 saturated heterocycles. The molecule has 0 aromatic heterocycles. The summed E-state index contributed by atoms with van der Waals surface area (Å²) < 4.78 is 13.1. The van der Waals surface area contributed by atoms with Gasteiger partial charge in [-0.2, -0.15) is 0 Å². The van der Waals surface area contributed by atoms with Crippen LogP contribution in [0.25, 0.3) is 0 Å². The number of carbonyl (C=O) groups is 3. The lowest BCUT2D eigenvalue weighted by atomic mass is 9.71. The number of amides is 3. The van der Waals surface area contributed by atoms with Gasteiger partial charge in [-0.15, -0.1) is 0 Å². The highest BCUT2D eigenvalue weighted by Crippen LogP contribution is 2.41. The summed E-state index contributed by atoms with van der Waals surface area (Å²) in [6.45, 7) is 2.11. The van der Waals surface area contributed by atoms with Crippen LogP contribution in [0.15, 0.2) is 24.3 Å². The highest BCUT2D eigenvalue weighted by molar-refractivity contribution is 5.82. The third kappa shape index (κ3) is 5.65. The van der Waals surface area contributed by atoms with Crippen molar-refractivity contribution in [2.45, 2.75) is 56.4 Å². The first-order valence-electron chi connectivity index (χ1n) is 11.8. The molecular formula is C24H33FN4O3. The van der Waals surface area contributed by atoms with Crippen molar-refractivity contribution >= 4 is 17.7 Å². The minimum Gasteiger partial charge on any atom is -0.354 e. The van der Waals surface area contributed by atoms with Gasteiger partial charge in [0.2, 0.25) is 17.7 Å². The molecule has 0 spiro atoms. The Bertz CT molecular complexity index is 832. The van der Waals surface area contributed by atoms with E-state index in [2.05, 4.69) is 16.0 Å². The molecule has 3 aliphatic rings. The first-order valence-corrected chi connectivity index (χ1v) is 11.8. The fourth-order valence-corrected chi connectivity index (χ4v) is 5.18. The molecule has 8 heteroatoms. The number of hydrogen-bond donors (Lipinski definition) is 3. The molecule has 32 heavy (non-hydrogen) atoms. The van der Waals surface area contributed by atoms with E-state index in [1.54, 1.807) is 12.1 Å². The van der Waals surface area contributed by atoms with Crippen LogP contribution in [0.3, 0.4) is 0 Å². The van der Waals surface area contributed by atoms with Crippen LogP contribution in [0.1, 0.15) is 56.4 Å². The van der Waals surface area contributed by atoms with Crippen LogP contribution in [0, 0.1) is 11.7 Å². The van der Waals surface area contributed by atoms with Crippen molar-refractivity contribution in [3.63, 3.8) is 0 Å². The van der Waals surface area contributed by atoms with E-state index < -0.39 is 5.54 Å². The lowest BCUT2D eigenvalue weighted by Crippen LogP contribution is -2.59. The molecule has 0 atom stereocenters. The molecule has 1 aliphatic heterocycles. The maximum atomic E-state index is 13.1. The lowest BCUT2D eigenvalue weighted by Gasteiger charge is -2.40. The highest BCUT2D eigenvalue weighted by Gasteiger charge is 2.38. The molecule has 1 aromatic carbocycles. The average Bonchev–Trinajstić information content (AvgIpc) is 2.73. The van der Waals surface area contributed by atoms with Gasteiger partial charge in [0.25, 0.3) is 0 Å². The molecule has 7 nitrogen and oxygen atoms in total. The molecule has 4 rings (SSSR count). The molecule has 1 aromatic rings. The molecule has 2 saturated carbocycles. The number of carbonyl (C=O) groups excluding carboxylic acids is 3. The monoisotopic (exact) mass is 444 g/mol. The third-order valence-electron chi connectivity index (χ3n) is 7.15. The second-order valence-corrected chi connectivity index (χ2v) is 9.58. The maximum Gasteiger partial charge on any atom is 0.234 e. The summed E-state index contributed by atoms with van der Waals surface area (Å²) in [7, 11) is 0. The molecule has 3 N–H and O–H groups in total. The van der Waals surface area contributed by atoms with Gasteiger partial charge in [-0.1, -0.05) is 31.4 Å².